The molecule has 0 radical (unpaired) electrons. The van der Waals surface area contributed by atoms with Crippen molar-refractivity contribution in [1.82, 2.24) is 20.2 Å². The van der Waals surface area contributed by atoms with Gasteiger partial charge in [-0.15, -0.1) is 5.10 Å². The van der Waals surface area contributed by atoms with E-state index in [9.17, 15) is 5.11 Å². The van der Waals surface area contributed by atoms with Gasteiger partial charge >= 0.3 is 0 Å². The van der Waals surface area contributed by atoms with Gasteiger partial charge in [-0.25, -0.2) is 4.68 Å². The quantitative estimate of drug-likeness (QED) is 0.677. The van der Waals surface area contributed by atoms with Crippen molar-refractivity contribution in [1.29, 1.82) is 0 Å². The van der Waals surface area contributed by atoms with Crippen LogP contribution < -0.4 is 0 Å². The number of aromatic nitrogens is 4. The van der Waals surface area contributed by atoms with Gasteiger partial charge in [-0.2, -0.15) is 0 Å². The lowest BCUT2D eigenvalue weighted by molar-refractivity contribution is -0.104. The van der Waals surface area contributed by atoms with E-state index in [0.29, 0.717) is 22.3 Å². The first-order valence-electron chi connectivity index (χ1n) is 13.7. The van der Waals surface area contributed by atoms with Crippen LogP contribution >= 0.6 is 0 Å². The average Bonchev–Trinajstić information content (AvgIpc) is 3.43. The molecule has 6 aliphatic carbocycles. The van der Waals surface area contributed by atoms with Gasteiger partial charge in [0.15, 0.2) is 0 Å². The molecule has 6 fully saturated rings. The summed E-state index contributed by atoms with van der Waals surface area (Å²) >= 11 is 0. The highest BCUT2D eigenvalue weighted by molar-refractivity contribution is 5.31. The predicted molar refractivity (Wildman–Crippen MR) is 123 cm³/mol. The molecule has 0 aromatic carbocycles. The van der Waals surface area contributed by atoms with Gasteiger partial charge in [-0.05, 0) is 141 Å². The van der Waals surface area contributed by atoms with Crippen LogP contribution in [0.2, 0.25) is 0 Å². The average molecular weight is 439 g/mol. The summed E-state index contributed by atoms with van der Waals surface area (Å²) in [4.78, 5) is 0. The Hall–Kier alpha value is -0.970. The Morgan fingerprint density at radius 3 is 2.50 bits per heavy atom. The van der Waals surface area contributed by atoms with E-state index in [1.165, 1.54) is 57.8 Å². The monoisotopic (exact) mass is 438 g/mol. The number of aryl methyl sites for hydroxylation is 1. The Balaban J connectivity index is 1.11. The number of fused-ring (bicyclic) bond motifs is 5. The van der Waals surface area contributed by atoms with Gasteiger partial charge in [0.25, 0.3) is 0 Å². The summed E-state index contributed by atoms with van der Waals surface area (Å²) in [5.74, 6) is 6.40. The number of tetrazole rings is 1. The first-order chi connectivity index (χ1) is 15.2. The van der Waals surface area contributed by atoms with E-state index in [-0.39, 0.29) is 0 Å². The third-order valence-electron chi connectivity index (χ3n) is 12.7. The maximum atomic E-state index is 10.7. The minimum atomic E-state index is -0.400. The summed E-state index contributed by atoms with van der Waals surface area (Å²) in [5, 5.41) is 23.1. The highest BCUT2D eigenvalue weighted by Gasteiger charge is 2.82. The molecular weight excluding hydrogens is 396 g/mol. The Morgan fingerprint density at radius 2 is 1.72 bits per heavy atom. The lowest BCUT2D eigenvalue weighted by atomic mass is 9.48. The van der Waals surface area contributed by atoms with Crippen molar-refractivity contribution in [3.63, 3.8) is 0 Å². The SMILES string of the molecule is Cc1nnnn1C1CC12C[C@@]2(C)[C@H]1CC[C@H]2[C@@H]3CC[C@@H]4C[C@](C)(O)CC[C@@H]4[C@H]3CC[C@@]21C. The molecule has 2 unspecified atom stereocenters. The van der Waals surface area contributed by atoms with Crippen LogP contribution in [0.15, 0.2) is 0 Å². The van der Waals surface area contributed by atoms with Gasteiger partial charge in [0.05, 0.1) is 11.6 Å². The fraction of sp³-hybridized carbons (Fsp3) is 0.963. The van der Waals surface area contributed by atoms with E-state index in [1.54, 1.807) is 0 Å². The molecule has 0 aliphatic heterocycles. The smallest absolute Gasteiger partial charge is 0.148 e. The summed E-state index contributed by atoms with van der Waals surface area (Å²) < 4.78 is 2.14. The number of rotatable bonds is 2. The maximum Gasteiger partial charge on any atom is 0.148 e. The van der Waals surface area contributed by atoms with Crippen molar-refractivity contribution in [2.75, 3.05) is 0 Å². The highest BCUT2D eigenvalue weighted by atomic mass is 16.3. The third kappa shape index (κ3) is 2.47. The molecule has 32 heavy (non-hydrogen) atoms. The second-order valence-corrected chi connectivity index (χ2v) is 14.0. The zero-order valence-corrected chi connectivity index (χ0v) is 20.6. The molecule has 0 saturated heterocycles. The summed E-state index contributed by atoms with van der Waals surface area (Å²) in [5.41, 5.74) is 1.12. The molecule has 6 saturated carbocycles. The number of nitrogens with zero attached hydrogens (tertiary/aromatic N) is 4. The largest absolute Gasteiger partial charge is 0.390 e. The lowest BCUT2D eigenvalue weighted by Crippen LogP contribution is -2.51. The van der Waals surface area contributed by atoms with Crippen molar-refractivity contribution in [2.24, 2.45) is 51.8 Å². The van der Waals surface area contributed by atoms with Crippen LogP contribution in [0.5, 0.6) is 0 Å². The molecule has 1 aromatic rings. The molecule has 1 heterocycles. The van der Waals surface area contributed by atoms with Gasteiger partial charge in [-0.3, -0.25) is 0 Å². The maximum absolute atomic E-state index is 10.7. The van der Waals surface area contributed by atoms with Crippen molar-refractivity contribution >= 4 is 0 Å². The fourth-order valence-electron chi connectivity index (χ4n) is 11.1. The van der Waals surface area contributed by atoms with Crippen molar-refractivity contribution in [3.05, 3.63) is 5.82 Å². The van der Waals surface area contributed by atoms with Crippen LogP contribution in [-0.4, -0.2) is 30.9 Å². The van der Waals surface area contributed by atoms with E-state index in [0.717, 1.165) is 54.2 Å². The molecule has 11 atom stereocenters. The second kappa shape index (κ2) is 6.17. The first-order valence-corrected chi connectivity index (χ1v) is 13.7. The fourth-order valence-corrected chi connectivity index (χ4v) is 11.1. The molecule has 7 rings (SSSR count). The van der Waals surface area contributed by atoms with E-state index < -0.39 is 5.60 Å². The van der Waals surface area contributed by atoms with E-state index in [1.807, 2.05) is 0 Å². The number of aliphatic hydroxyl groups is 1. The topological polar surface area (TPSA) is 63.8 Å². The van der Waals surface area contributed by atoms with Crippen LogP contribution in [0.1, 0.15) is 103 Å². The Labute approximate surface area is 193 Å². The number of hydrogen-bond acceptors (Lipinski definition) is 4. The second-order valence-electron chi connectivity index (χ2n) is 14.0. The Kier molecular flexibility index (Phi) is 3.94. The van der Waals surface area contributed by atoms with Crippen LogP contribution in [-0.2, 0) is 0 Å². The van der Waals surface area contributed by atoms with Crippen molar-refractivity contribution in [3.8, 4) is 0 Å². The van der Waals surface area contributed by atoms with Crippen molar-refractivity contribution < 1.29 is 5.11 Å². The van der Waals surface area contributed by atoms with E-state index in [4.69, 9.17) is 0 Å². The minimum absolute atomic E-state index is 0.400. The molecular formula is C27H42N4O. The molecule has 176 valence electrons. The predicted octanol–water partition coefficient (Wildman–Crippen LogP) is 5.34. The molecule has 6 aliphatic rings. The van der Waals surface area contributed by atoms with Gasteiger partial charge < -0.3 is 5.11 Å². The third-order valence-corrected chi connectivity index (χ3v) is 12.7. The summed E-state index contributed by atoms with van der Waals surface area (Å²) in [7, 11) is 0. The Bertz CT molecular complexity index is 942. The zero-order chi connectivity index (χ0) is 22.1. The van der Waals surface area contributed by atoms with Crippen LogP contribution in [0.25, 0.3) is 0 Å². The van der Waals surface area contributed by atoms with E-state index >= 15 is 0 Å². The molecule has 0 bridgehead atoms. The number of hydrogen-bond donors (Lipinski definition) is 1. The highest BCUT2D eigenvalue weighted by Crippen LogP contribution is 2.88. The molecule has 1 spiro atoms. The van der Waals surface area contributed by atoms with Crippen LogP contribution in [0, 0.1) is 58.7 Å². The van der Waals surface area contributed by atoms with Gasteiger partial charge in [0.2, 0.25) is 0 Å². The first kappa shape index (κ1) is 20.4. The van der Waals surface area contributed by atoms with Crippen LogP contribution in [0.3, 0.4) is 0 Å². The van der Waals surface area contributed by atoms with Crippen LogP contribution in [0.4, 0.5) is 0 Å². The molecule has 5 nitrogen and oxygen atoms in total. The molecule has 1 aromatic heterocycles. The van der Waals surface area contributed by atoms with E-state index in [2.05, 4.69) is 47.9 Å². The zero-order valence-electron chi connectivity index (χ0n) is 20.6. The van der Waals surface area contributed by atoms with Crippen molar-refractivity contribution in [2.45, 2.75) is 110 Å². The van der Waals surface area contributed by atoms with Gasteiger partial charge in [-0.1, -0.05) is 13.8 Å². The minimum Gasteiger partial charge on any atom is -0.390 e. The lowest BCUT2D eigenvalue weighted by Gasteiger charge is -2.57. The summed E-state index contributed by atoms with van der Waals surface area (Å²) in [6, 6.07) is 0.548. The molecule has 0 amide bonds. The van der Waals surface area contributed by atoms with Gasteiger partial charge in [0, 0.05) is 5.41 Å². The molecule has 1 N–H and O–H groups in total. The molecule has 5 heteroatoms. The standard InChI is InChI=1S/C27H42N4O/c1-16-28-29-30-31(16)23-14-27(23)15-26(27,4)22-8-7-21-20-6-5-17-13-24(2,32)11-9-18(17)19(20)10-12-25(21,22)3/h17-23,32H,5-15H2,1-4H3/t17-,18+,19-,20-,21+,22+,23?,24-,25+,26+,27?/m1/s1. The van der Waals surface area contributed by atoms with Gasteiger partial charge in [0.1, 0.15) is 5.82 Å². The Morgan fingerprint density at radius 1 is 0.906 bits per heavy atom. The normalized spacial score (nSPS) is 58.2. The summed E-state index contributed by atoms with van der Waals surface area (Å²) in [6.07, 6.45) is 14.7. The summed E-state index contributed by atoms with van der Waals surface area (Å²) in [6.45, 7) is 9.49.